The maximum absolute atomic E-state index is 5.61. The Hall–Kier alpha value is -2.18. The molecule has 0 fully saturated rings. The fourth-order valence-corrected chi connectivity index (χ4v) is 1.78. The first kappa shape index (κ1) is 13.3. The van der Waals surface area contributed by atoms with Crippen LogP contribution in [-0.4, -0.2) is 24.2 Å². The Morgan fingerprint density at radius 2 is 1.63 bits per heavy atom. The van der Waals surface area contributed by atoms with Crippen LogP contribution in [0.5, 0.6) is 11.5 Å². The fraction of sp³-hybridized carbons (Fsp3) is 0.231. The van der Waals surface area contributed by atoms with Crippen LogP contribution in [0.2, 0.25) is 0 Å². The van der Waals surface area contributed by atoms with E-state index < -0.39 is 0 Å². The van der Waals surface area contributed by atoms with Gasteiger partial charge in [-0.25, -0.2) is 15.4 Å². The summed E-state index contributed by atoms with van der Waals surface area (Å²) in [6, 6.07) is 6.95. The first-order valence-electron chi connectivity index (χ1n) is 5.74. The second kappa shape index (κ2) is 6.12. The first-order valence-corrected chi connectivity index (χ1v) is 5.74. The second-order valence-corrected chi connectivity index (χ2v) is 3.85. The molecule has 19 heavy (non-hydrogen) atoms. The quantitative estimate of drug-likeness (QED) is 0.617. The molecule has 0 radical (unpaired) electrons. The third-order valence-corrected chi connectivity index (χ3v) is 2.72. The molecule has 0 saturated carbocycles. The minimum absolute atomic E-state index is 0.329. The molecule has 1 unspecified atom stereocenters. The second-order valence-electron chi connectivity index (χ2n) is 3.85. The van der Waals surface area contributed by atoms with E-state index in [2.05, 4.69) is 15.4 Å². The molecule has 0 aliphatic carbocycles. The SMILES string of the molecule is COc1cc(OC)cc(C(NN)c2ncccn2)c1. The highest BCUT2D eigenvalue weighted by Gasteiger charge is 2.17. The molecule has 0 amide bonds. The maximum Gasteiger partial charge on any atom is 0.150 e. The standard InChI is InChI=1S/C13H16N4O2/c1-18-10-6-9(7-11(8-10)19-2)12(17-14)13-15-4-3-5-16-13/h3-8,12,17H,14H2,1-2H3. The summed E-state index contributed by atoms with van der Waals surface area (Å²) in [4.78, 5) is 8.40. The van der Waals surface area contributed by atoms with Crippen LogP contribution in [-0.2, 0) is 0 Å². The summed E-state index contributed by atoms with van der Waals surface area (Å²) in [6.45, 7) is 0. The van der Waals surface area contributed by atoms with Crippen molar-refractivity contribution in [3.05, 3.63) is 48.0 Å². The highest BCUT2D eigenvalue weighted by molar-refractivity contribution is 5.41. The van der Waals surface area contributed by atoms with Gasteiger partial charge in [-0.05, 0) is 23.8 Å². The monoisotopic (exact) mass is 260 g/mol. The molecular weight excluding hydrogens is 244 g/mol. The van der Waals surface area contributed by atoms with Gasteiger partial charge in [0.05, 0.1) is 14.2 Å². The van der Waals surface area contributed by atoms with Gasteiger partial charge in [0.25, 0.3) is 0 Å². The van der Waals surface area contributed by atoms with E-state index in [-0.39, 0.29) is 6.04 Å². The van der Waals surface area contributed by atoms with E-state index in [4.69, 9.17) is 15.3 Å². The fourth-order valence-electron chi connectivity index (χ4n) is 1.78. The van der Waals surface area contributed by atoms with Gasteiger partial charge in [-0.1, -0.05) is 0 Å². The number of hydrazine groups is 1. The van der Waals surface area contributed by atoms with Crippen molar-refractivity contribution < 1.29 is 9.47 Å². The number of hydrogen-bond acceptors (Lipinski definition) is 6. The zero-order chi connectivity index (χ0) is 13.7. The van der Waals surface area contributed by atoms with Crippen LogP contribution < -0.4 is 20.7 Å². The van der Waals surface area contributed by atoms with Gasteiger partial charge in [-0.3, -0.25) is 5.84 Å². The Balaban J connectivity index is 2.43. The number of hydrogen-bond donors (Lipinski definition) is 2. The first-order chi connectivity index (χ1) is 9.28. The van der Waals surface area contributed by atoms with Crippen molar-refractivity contribution in [1.82, 2.24) is 15.4 Å². The highest BCUT2D eigenvalue weighted by Crippen LogP contribution is 2.28. The lowest BCUT2D eigenvalue weighted by atomic mass is 10.1. The van der Waals surface area contributed by atoms with Crippen molar-refractivity contribution in [2.75, 3.05) is 14.2 Å². The summed E-state index contributed by atoms with van der Waals surface area (Å²) in [5.41, 5.74) is 3.57. The van der Waals surface area contributed by atoms with E-state index in [0.29, 0.717) is 17.3 Å². The van der Waals surface area contributed by atoms with E-state index in [9.17, 15) is 0 Å². The third-order valence-electron chi connectivity index (χ3n) is 2.72. The van der Waals surface area contributed by atoms with Crippen LogP contribution >= 0.6 is 0 Å². The Kier molecular flexibility index (Phi) is 4.27. The zero-order valence-corrected chi connectivity index (χ0v) is 10.8. The third kappa shape index (κ3) is 2.98. The molecule has 0 aliphatic heterocycles. The Bertz CT molecular complexity index is 511. The van der Waals surface area contributed by atoms with E-state index in [0.717, 1.165) is 5.56 Å². The summed E-state index contributed by atoms with van der Waals surface area (Å²) in [6.07, 6.45) is 3.34. The Labute approximate surface area is 111 Å². The highest BCUT2D eigenvalue weighted by atomic mass is 16.5. The number of nitrogens with one attached hydrogen (secondary N) is 1. The molecule has 1 aromatic carbocycles. The van der Waals surface area contributed by atoms with Crippen molar-refractivity contribution >= 4 is 0 Å². The van der Waals surface area contributed by atoms with Crippen molar-refractivity contribution in [2.45, 2.75) is 6.04 Å². The number of nitrogens with two attached hydrogens (primary N) is 1. The van der Waals surface area contributed by atoms with Gasteiger partial charge in [0.15, 0.2) is 5.82 Å². The molecular formula is C13H16N4O2. The molecule has 1 heterocycles. The average molecular weight is 260 g/mol. The van der Waals surface area contributed by atoms with Crippen molar-refractivity contribution in [2.24, 2.45) is 5.84 Å². The Morgan fingerprint density at radius 3 is 2.11 bits per heavy atom. The van der Waals surface area contributed by atoms with Gasteiger partial charge < -0.3 is 9.47 Å². The smallest absolute Gasteiger partial charge is 0.150 e. The Morgan fingerprint density at radius 1 is 1.05 bits per heavy atom. The summed E-state index contributed by atoms with van der Waals surface area (Å²) in [7, 11) is 3.20. The summed E-state index contributed by atoms with van der Waals surface area (Å²) < 4.78 is 10.5. The van der Waals surface area contributed by atoms with E-state index in [1.165, 1.54) is 0 Å². The summed E-state index contributed by atoms with van der Waals surface area (Å²) in [5, 5.41) is 0. The zero-order valence-electron chi connectivity index (χ0n) is 10.8. The number of ether oxygens (including phenoxy) is 2. The molecule has 3 N–H and O–H groups in total. The van der Waals surface area contributed by atoms with Crippen LogP contribution in [0.3, 0.4) is 0 Å². The average Bonchev–Trinajstić information content (AvgIpc) is 2.48. The van der Waals surface area contributed by atoms with Crippen LogP contribution in [0.1, 0.15) is 17.4 Å². The number of nitrogens with zero attached hydrogens (tertiary/aromatic N) is 2. The summed E-state index contributed by atoms with van der Waals surface area (Å²) >= 11 is 0. The molecule has 0 aliphatic rings. The number of benzene rings is 1. The number of aromatic nitrogens is 2. The molecule has 100 valence electrons. The van der Waals surface area contributed by atoms with E-state index >= 15 is 0 Å². The van der Waals surface area contributed by atoms with E-state index in [1.807, 2.05) is 12.1 Å². The van der Waals surface area contributed by atoms with Crippen LogP contribution in [0.15, 0.2) is 36.7 Å². The molecule has 6 heteroatoms. The number of rotatable bonds is 5. The van der Waals surface area contributed by atoms with Crippen molar-refractivity contribution in [3.63, 3.8) is 0 Å². The minimum atomic E-state index is -0.329. The predicted octanol–water partition coefficient (Wildman–Crippen LogP) is 1.05. The van der Waals surface area contributed by atoms with Crippen molar-refractivity contribution in [3.8, 4) is 11.5 Å². The van der Waals surface area contributed by atoms with E-state index in [1.54, 1.807) is 38.7 Å². The van der Waals surface area contributed by atoms with Crippen LogP contribution in [0.25, 0.3) is 0 Å². The van der Waals surface area contributed by atoms with Gasteiger partial charge in [0, 0.05) is 18.5 Å². The predicted molar refractivity (Wildman–Crippen MR) is 70.7 cm³/mol. The molecule has 2 rings (SSSR count). The normalized spacial score (nSPS) is 11.9. The molecule has 6 nitrogen and oxygen atoms in total. The van der Waals surface area contributed by atoms with Crippen LogP contribution in [0, 0.1) is 0 Å². The molecule has 0 spiro atoms. The maximum atomic E-state index is 5.61. The lowest BCUT2D eigenvalue weighted by Gasteiger charge is -2.16. The van der Waals surface area contributed by atoms with Gasteiger partial charge >= 0.3 is 0 Å². The molecule has 0 bridgehead atoms. The van der Waals surface area contributed by atoms with Gasteiger partial charge in [0.1, 0.15) is 17.5 Å². The van der Waals surface area contributed by atoms with Gasteiger partial charge in [-0.2, -0.15) is 0 Å². The number of methoxy groups -OCH3 is 2. The topological polar surface area (TPSA) is 82.3 Å². The molecule has 2 aromatic rings. The lowest BCUT2D eigenvalue weighted by Crippen LogP contribution is -2.30. The molecule has 1 aromatic heterocycles. The van der Waals surface area contributed by atoms with Crippen molar-refractivity contribution in [1.29, 1.82) is 0 Å². The van der Waals surface area contributed by atoms with Gasteiger partial charge in [0.2, 0.25) is 0 Å². The lowest BCUT2D eigenvalue weighted by molar-refractivity contribution is 0.392. The summed E-state index contributed by atoms with van der Waals surface area (Å²) in [5.74, 6) is 7.56. The molecule has 0 saturated heterocycles. The molecule has 1 atom stereocenters. The van der Waals surface area contributed by atoms with Crippen LogP contribution in [0.4, 0.5) is 0 Å². The minimum Gasteiger partial charge on any atom is -0.497 e. The largest absolute Gasteiger partial charge is 0.497 e. The van der Waals surface area contributed by atoms with Gasteiger partial charge in [-0.15, -0.1) is 0 Å².